The van der Waals surface area contributed by atoms with E-state index in [-0.39, 0.29) is 12.6 Å². The van der Waals surface area contributed by atoms with E-state index in [0.29, 0.717) is 5.95 Å². The molecule has 0 aliphatic heterocycles. The minimum Gasteiger partial charge on any atom is -0.394 e. The Kier molecular flexibility index (Phi) is 3.75. The van der Waals surface area contributed by atoms with Crippen LogP contribution >= 0.6 is 11.3 Å². The molecule has 0 spiro atoms. The summed E-state index contributed by atoms with van der Waals surface area (Å²) < 4.78 is 0. The first kappa shape index (κ1) is 12.1. The molecule has 92 valence electrons. The average molecular weight is 252 g/mol. The molecule has 0 saturated carbocycles. The molecule has 17 heavy (non-hydrogen) atoms. The first-order valence-electron chi connectivity index (χ1n) is 5.61. The third kappa shape index (κ3) is 2.65. The fourth-order valence-corrected chi connectivity index (χ4v) is 2.25. The Morgan fingerprint density at radius 3 is 3.00 bits per heavy atom. The van der Waals surface area contributed by atoms with Crippen LogP contribution < -0.4 is 10.6 Å². The van der Waals surface area contributed by atoms with E-state index in [1.165, 1.54) is 0 Å². The summed E-state index contributed by atoms with van der Waals surface area (Å²) in [5, 5.41) is 18.3. The summed E-state index contributed by atoms with van der Waals surface area (Å²) in [4.78, 5) is 9.77. The van der Waals surface area contributed by atoms with E-state index in [1.54, 1.807) is 11.3 Å². The van der Waals surface area contributed by atoms with Gasteiger partial charge in [0.2, 0.25) is 5.95 Å². The van der Waals surface area contributed by atoms with Crippen LogP contribution in [0.15, 0.2) is 11.4 Å². The Morgan fingerprint density at radius 1 is 1.47 bits per heavy atom. The van der Waals surface area contributed by atoms with Gasteiger partial charge in [0.05, 0.1) is 12.0 Å². The van der Waals surface area contributed by atoms with E-state index in [4.69, 9.17) is 5.11 Å². The lowest BCUT2D eigenvalue weighted by Crippen LogP contribution is -2.20. The van der Waals surface area contributed by atoms with Gasteiger partial charge in [0.15, 0.2) is 0 Å². The van der Waals surface area contributed by atoms with E-state index >= 15 is 0 Å². The molecule has 2 aromatic rings. The number of aliphatic hydroxyl groups excluding tert-OH is 1. The van der Waals surface area contributed by atoms with E-state index in [9.17, 15) is 0 Å². The van der Waals surface area contributed by atoms with Crippen molar-refractivity contribution in [1.29, 1.82) is 0 Å². The summed E-state index contributed by atoms with van der Waals surface area (Å²) in [5.74, 6) is 1.39. The molecule has 0 bridgehead atoms. The summed E-state index contributed by atoms with van der Waals surface area (Å²) in [7, 11) is 0. The first-order chi connectivity index (χ1) is 8.24. The van der Waals surface area contributed by atoms with Crippen LogP contribution in [0.5, 0.6) is 0 Å². The van der Waals surface area contributed by atoms with Crippen LogP contribution in [0, 0.1) is 0 Å². The molecule has 0 aromatic carbocycles. The number of thiophene rings is 1. The molecular formula is C11H16N4OS. The van der Waals surface area contributed by atoms with Crippen LogP contribution in [0.1, 0.15) is 13.8 Å². The van der Waals surface area contributed by atoms with E-state index in [0.717, 1.165) is 22.6 Å². The fourth-order valence-electron chi connectivity index (χ4n) is 1.48. The minimum absolute atomic E-state index is 0.0255. The van der Waals surface area contributed by atoms with Crippen molar-refractivity contribution < 1.29 is 5.11 Å². The van der Waals surface area contributed by atoms with Crippen molar-refractivity contribution in [2.45, 2.75) is 19.9 Å². The summed E-state index contributed by atoms with van der Waals surface area (Å²) in [6, 6.07) is 1.96. The number of anilines is 2. The third-order valence-electron chi connectivity index (χ3n) is 2.32. The lowest BCUT2D eigenvalue weighted by molar-refractivity contribution is 0.281. The van der Waals surface area contributed by atoms with Gasteiger partial charge in [-0.3, -0.25) is 0 Å². The highest BCUT2D eigenvalue weighted by molar-refractivity contribution is 7.16. The zero-order valence-corrected chi connectivity index (χ0v) is 10.7. The first-order valence-corrected chi connectivity index (χ1v) is 6.49. The molecule has 3 N–H and O–H groups in total. The van der Waals surface area contributed by atoms with Gasteiger partial charge >= 0.3 is 0 Å². The van der Waals surface area contributed by atoms with Gasteiger partial charge in [0.25, 0.3) is 0 Å². The SMILES string of the molecule is CCNc1nc(NC(C)CO)c2ccsc2n1. The highest BCUT2D eigenvalue weighted by atomic mass is 32.1. The normalized spacial score (nSPS) is 12.6. The maximum atomic E-state index is 9.07. The van der Waals surface area contributed by atoms with Gasteiger partial charge in [-0.25, -0.2) is 4.98 Å². The Labute approximate surface area is 104 Å². The van der Waals surface area contributed by atoms with Crippen molar-refractivity contribution in [3.8, 4) is 0 Å². The Morgan fingerprint density at radius 2 is 2.29 bits per heavy atom. The van der Waals surface area contributed by atoms with E-state index in [1.807, 2.05) is 25.3 Å². The quantitative estimate of drug-likeness (QED) is 0.758. The smallest absolute Gasteiger partial charge is 0.226 e. The largest absolute Gasteiger partial charge is 0.394 e. The highest BCUT2D eigenvalue weighted by Crippen LogP contribution is 2.26. The standard InChI is InChI=1S/C11H16N4OS/c1-3-12-11-14-9(13-7(2)6-16)8-4-5-17-10(8)15-11/h4-5,7,16H,3,6H2,1-2H3,(H2,12,13,14,15). The second-order valence-corrected chi connectivity index (χ2v) is 4.69. The maximum Gasteiger partial charge on any atom is 0.226 e. The van der Waals surface area contributed by atoms with Gasteiger partial charge in [-0.15, -0.1) is 11.3 Å². The monoisotopic (exact) mass is 252 g/mol. The predicted molar refractivity (Wildman–Crippen MR) is 71.7 cm³/mol. The van der Waals surface area contributed by atoms with Crippen molar-refractivity contribution in [3.05, 3.63) is 11.4 Å². The molecule has 0 radical (unpaired) electrons. The number of nitrogens with zero attached hydrogens (tertiary/aromatic N) is 2. The second-order valence-electron chi connectivity index (χ2n) is 3.79. The summed E-state index contributed by atoms with van der Waals surface area (Å²) >= 11 is 1.58. The summed E-state index contributed by atoms with van der Waals surface area (Å²) in [6.07, 6.45) is 0. The molecule has 1 unspecified atom stereocenters. The third-order valence-corrected chi connectivity index (χ3v) is 3.12. The predicted octanol–water partition coefficient (Wildman–Crippen LogP) is 1.92. The lowest BCUT2D eigenvalue weighted by Gasteiger charge is -2.13. The number of aliphatic hydroxyl groups is 1. The molecule has 0 aliphatic carbocycles. The molecule has 2 rings (SSSR count). The molecule has 2 aromatic heterocycles. The van der Waals surface area contributed by atoms with E-state index < -0.39 is 0 Å². The van der Waals surface area contributed by atoms with Crippen molar-refractivity contribution in [3.63, 3.8) is 0 Å². The maximum absolute atomic E-state index is 9.07. The summed E-state index contributed by atoms with van der Waals surface area (Å²) in [6.45, 7) is 4.77. The molecule has 1 atom stereocenters. The molecule has 0 amide bonds. The Hall–Kier alpha value is -1.40. The van der Waals surface area contributed by atoms with E-state index in [2.05, 4.69) is 20.6 Å². The van der Waals surface area contributed by atoms with Crippen LogP contribution in [0.2, 0.25) is 0 Å². The molecule has 0 fully saturated rings. The molecule has 6 heteroatoms. The van der Waals surface area contributed by atoms with Gasteiger partial charge in [0, 0.05) is 12.6 Å². The lowest BCUT2D eigenvalue weighted by atomic mass is 10.3. The second kappa shape index (κ2) is 5.29. The average Bonchev–Trinajstić information content (AvgIpc) is 2.77. The Balaban J connectivity index is 2.39. The van der Waals surface area contributed by atoms with Crippen molar-refractivity contribution in [2.24, 2.45) is 0 Å². The van der Waals surface area contributed by atoms with Gasteiger partial charge in [-0.2, -0.15) is 4.98 Å². The number of nitrogens with one attached hydrogen (secondary N) is 2. The van der Waals surface area contributed by atoms with Crippen LogP contribution in [0.3, 0.4) is 0 Å². The molecular weight excluding hydrogens is 236 g/mol. The zero-order chi connectivity index (χ0) is 12.3. The summed E-state index contributed by atoms with van der Waals surface area (Å²) in [5.41, 5.74) is 0. The minimum atomic E-state index is -0.0255. The van der Waals surface area contributed by atoms with Crippen LogP contribution in [-0.4, -0.2) is 34.3 Å². The number of aromatic nitrogens is 2. The number of hydrogen-bond donors (Lipinski definition) is 3. The fraction of sp³-hybridized carbons (Fsp3) is 0.455. The van der Waals surface area contributed by atoms with Crippen molar-refractivity contribution >= 4 is 33.3 Å². The number of hydrogen-bond acceptors (Lipinski definition) is 6. The van der Waals surface area contributed by atoms with Crippen molar-refractivity contribution in [2.75, 3.05) is 23.8 Å². The molecule has 5 nitrogen and oxygen atoms in total. The number of fused-ring (bicyclic) bond motifs is 1. The molecule has 0 saturated heterocycles. The van der Waals surface area contributed by atoms with Crippen LogP contribution in [0.25, 0.3) is 10.2 Å². The number of rotatable bonds is 5. The molecule has 2 heterocycles. The van der Waals surface area contributed by atoms with Gasteiger partial charge in [-0.05, 0) is 25.3 Å². The van der Waals surface area contributed by atoms with Crippen molar-refractivity contribution in [1.82, 2.24) is 9.97 Å². The van der Waals surface area contributed by atoms with Gasteiger partial charge in [0.1, 0.15) is 10.6 Å². The Bertz CT molecular complexity index is 499. The highest BCUT2D eigenvalue weighted by Gasteiger charge is 2.10. The van der Waals surface area contributed by atoms with Gasteiger partial charge in [-0.1, -0.05) is 0 Å². The van der Waals surface area contributed by atoms with Gasteiger partial charge < -0.3 is 15.7 Å². The van der Waals surface area contributed by atoms with Crippen LogP contribution in [-0.2, 0) is 0 Å². The topological polar surface area (TPSA) is 70.1 Å². The van der Waals surface area contributed by atoms with Crippen LogP contribution in [0.4, 0.5) is 11.8 Å². The zero-order valence-electron chi connectivity index (χ0n) is 9.90. The molecule has 0 aliphatic rings.